The maximum atomic E-state index is 13.1. The van der Waals surface area contributed by atoms with E-state index < -0.39 is 17.6 Å². The number of carbonyl (C=O) groups excluding carboxylic acids is 2. The van der Waals surface area contributed by atoms with Crippen molar-refractivity contribution >= 4 is 40.7 Å². The van der Waals surface area contributed by atoms with Crippen molar-refractivity contribution in [3.63, 3.8) is 0 Å². The zero-order valence-electron chi connectivity index (χ0n) is 21.7. The second-order valence-electron chi connectivity index (χ2n) is 10.2. The molecule has 0 saturated carbocycles. The first kappa shape index (κ1) is 29.7. The molecule has 0 N–H and O–H groups in total. The monoisotopic (exact) mass is 524 g/mol. The molecule has 7 heteroatoms. The lowest BCUT2D eigenvalue weighted by atomic mass is 10.0. The summed E-state index contributed by atoms with van der Waals surface area (Å²) in [5, 5.41) is 13.3. The summed E-state index contributed by atoms with van der Waals surface area (Å²) in [5.41, 5.74) is 0.269. The topological polar surface area (TPSA) is 60.4 Å². The predicted octanol–water partition coefficient (Wildman–Crippen LogP) is 7.00. The average molecular weight is 526 g/mol. The summed E-state index contributed by atoms with van der Waals surface area (Å²) in [4.78, 5) is 26.6. The van der Waals surface area contributed by atoms with Gasteiger partial charge in [0, 0.05) is 5.76 Å². The highest BCUT2D eigenvalue weighted by Gasteiger charge is 2.43. The first-order valence-corrected chi connectivity index (χ1v) is 14.0. The molecule has 1 aliphatic rings. The minimum Gasteiger partial charge on any atom is -0.865 e. The smallest absolute Gasteiger partial charge is 0.318 e. The second kappa shape index (κ2) is 14.9. The molecule has 0 radical (unpaired) electrons. The van der Waals surface area contributed by atoms with Gasteiger partial charge in [-0.05, 0) is 31.0 Å². The zero-order chi connectivity index (χ0) is 25.8. The van der Waals surface area contributed by atoms with Gasteiger partial charge in [-0.15, -0.1) is 0 Å². The van der Waals surface area contributed by atoms with Crippen LogP contribution in [-0.4, -0.2) is 36.9 Å². The van der Waals surface area contributed by atoms with Crippen LogP contribution in [0.1, 0.15) is 96.8 Å². The van der Waals surface area contributed by atoms with Gasteiger partial charge in [-0.1, -0.05) is 107 Å². The first-order valence-electron chi connectivity index (χ1n) is 13.3. The van der Waals surface area contributed by atoms with Crippen molar-refractivity contribution in [3.8, 4) is 0 Å². The molecule has 1 aliphatic heterocycles. The van der Waals surface area contributed by atoms with Crippen molar-refractivity contribution in [3.05, 3.63) is 39.7 Å². The van der Waals surface area contributed by atoms with E-state index in [0.717, 1.165) is 24.2 Å². The third-order valence-electron chi connectivity index (χ3n) is 6.86. The quantitative estimate of drug-likeness (QED) is 0.125. The number of amides is 2. The van der Waals surface area contributed by atoms with Gasteiger partial charge in [0.25, 0.3) is 5.91 Å². The molecule has 1 aromatic rings. The standard InChI is InChI=1S/C28H42Cl2N2O3/c1-4-5-6-7-8-9-10-11-12-13-14-15-16-17-20-32(2,3)25-26(33)28(35)31(27(25)34)22-18-19-23(29)24(30)21-22/h18-19,21H,4-17,20H2,1-3H3. The zero-order valence-corrected chi connectivity index (χ0v) is 23.2. The van der Waals surface area contributed by atoms with Crippen molar-refractivity contribution < 1.29 is 19.2 Å². The Morgan fingerprint density at radius 1 is 0.743 bits per heavy atom. The number of unbranched alkanes of at least 4 members (excludes halogenated alkanes) is 13. The SMILES string of the molecule is CCCCCCCCCCCCCCCC[N+](C)(C)C1=C([O-])C(=O)N(c2ccc(Cl)c(Cl)c2)C1=O. The fraction of sp³-hybridized carbons (Fsp3) is 0.643. The summed E-state index contributed by atoms with van der Waals surface area (Å²) in [6.45, 7) is 2.89. The highest BCUT2D eigenvalue weighted by Crippen LogP contribution is 2.33. The van der Waals surface area contributed by atoms with E-state index in [1.54, 1.807) is 0 Å². The number of likely N-dealkylation sites (N-methyl/N-ethyl adjacent to an activating group) is 1. The van der Waals surface area contributed by atoms with Crippen LogP contribution in [0.15, 0.2) is 29.7 Å². The van der Waals surface area contributed by atoms with Crippen molar-refractivity contribution in [1.82, 2.24) is 0 Å². The largest absolute Gasteiger partial charge is 0.865 e. The molecule has 0 aliphatic carbocycles. The lowest BCUT2D eigenvalue weighted by Crippen LogP contribution is -2.44. The van der Waals surface area contributed by atoms with E-state index in [2.05, 4.69) is 6.92 Å². The van der Waals surface area contributed by atoms with Crippen LogP contribution < -0.4 is 10.0 Å². The molecule has 0 atom stereocenters. The van der Waals surface area contributed by atoms with E-state index in [4.69, 9.17) is 23.2 Å². The molecule has 1 aromatic carbocycles. The molecular formula is C28H42Cl2N2O3. The highest BCUT2D eigenvalue weighted by molar-refractivity contribution is 6.42. The summed E-state index contributed by atoms with van der Waals surface area (Å²) in [6.07, 6.45) is 17.8. The molecule has 5 nitrogen and oxygen atoms in total. The van der Waals surface area contributed by atoms with Gasteiger partial charge in [0.2, 0.25) is 0 Å². The molecule has 35 heavy (non-hydrogen) atoms. The number of anilines is 1. The van der Waals surface area contributed by atoms with Crippen LogP contribution >= 0.6 is 23.2 Å². The van der Waals surface area contributed by atoms with Crippen LogP contribution in [-0.2, 0) is 9.59 Å². The van der Waals surface area contributed by atoms with Crippen molar-refractivity contribution in [1.29, 1.82) is 0 Å². The Bertz CT molecular complexity index is 883. The lowest BCUT2D eigenvalue weighted by molar-refractivity contribution is -0.849. The Labute approximate surface area is 221 Å². The van der Waals surface area contributed by atoms with E-state index in [-0.39, 0.29) is 20.9 Å². The van der Waals surface area contributed by atoms with Gasteiger partial charge >= 0.3 is 5.91 Å². The van der Waals surface area contributed by atoms with E-state index in [1.165, 1.54) is 88.8 Å². The highest BCUT2D eigenvalue weighted by atomic mass is 35.5. The van der Waals surface area contributed by atoms with Crippen LogP contribution in [0, 0.1) is 0 Å². The van der Waals surface area contributed by atoms with Crippen LogP contribution in [0.25, 0.3) is 0 Å². The molecule has 0 aromatic heterocycles. The summed E-state index contributed by atoms with van der Waals surface area (Å²) in [5.74, 6) is -2.15. The number of quaternary nitrogens is 1. The fourth-order valence-corrected chi connectivity index (χ4v) is 5.00. The van der Waals surface area contributed by atoms with Gasteiger partial charge in [0.15, 0.2) is 5.70 Å². The average Bonchev–Trinajstić information content (AvgIpc) is 3.04. The Morgan fingerprint density at radius 2 is 1.23 bits per heavy atom. The number of benzene rings is 1. The number of halogens is 2. The van der Waals surface area contributed by atoms with Gasteiger partial charge in [0.05, 0.1) is 36.4 Å². The Balaban J connectivity index is 1.69. The maximum absolute atomic E-state index is 13.1. The normalized spacial score (nSPS) is 14.5. The Morgan fingerprint density at radius 3 is 1.71 bits per heavy atom. The van der Waals surface area contributed by atoms with Crippen LogP contribution in [0.5, 0.6) is 0 Å². The van der Waals surface area contributed by atoms with Crippen LogP contribution in [0.2, 0.25) is 10.0 Å². The number of nitrogens with zero attached hydrogens (tertiary/aromatic N) is 2. The number of rotatable bonds is 17. The van der Waals surface area contributed by atoms with E-state index >= 15 is 0 Å². The maximum Gasteiger partial charge on any atom is 0.318 e. The van der Waals surface area contributed by atoms with Gasteiger partial charge in [0.1, 0.15) is 0 Å². The lowest BCUT2D eigenvalue weighted by Gasteiger charge is -2.31. The molecule has 0 bridgehead atoms. The molecule has 0 unspecified atom stereocenters. The minimum absolute atomic E-state index is 0.00997. The third-order valence-corrected chi connectivity index (χ3v) is 7.59. The molecule has 196 valence electrons. The number of imide groups is 1. The number of hydrogen-bond acceptors (Lipinski definition) is 3. The number of carbonyl (C=O) groups is 2. The van der Waals surface area contributed by atoms with Gasteiger partial charge in [-0.2, -0.15) is 0 Å². The van der Waals surface area contributed by atoms with Gasteiger partial charge in [-0.25, -0.2) is 4.90 Å². The first-order chi connectivity index (χ1) is 16.7. The molecule has 0 fully saturated rings. The van der Waals surface area contributed by atoms with Gasteiger partial charge < -0.3 is 5.11 Å². The van der Waals surface area contributed by atoms with Crippen LogP contribution in [0.3, 0.4) is 0 Å². The van der Waals surface area contributed by atoms with Crippen molar-refractivity contribution in [2.24, 2.45) is 0 Å². The summed E-state index contributed by atoms with van der Waals surface area (Å²) in [6, 6.07) is 4.47. The van der Waals surface area contributed by atoms with E-state index in [9.17, 15) is 14.7 Å². The summed E-state index contributed by atoms with van der Waals surface area (Å²) >= 11 is 12.0. The summed E-state index contributed by atoms with van der Waals surface area (Å²) in [7, 11) is 3.64. The molecule has 2 amide bonds. The van der Waals surface area contributed by atoms with Crippen LogP contribution in [0.4, 0.5) is 5.69 Å². The van der Waals surface area contributed by atoms with Gasteiger partial charge in [-0.3, -0.25) is 14.1 Å². The Kier molecular flexibility index (Phi) is 12.6. The second-order valence-corrected chi connectivity index (χ2v) is 11.0. The third kappa shape index (κ3) is 8.80. The van der Waals surface area contributed by atoms with E-state index in [0.29, 0.717) is 11.6 Å². The fourth-order valence-electron chi connectivity index (χ4n) is 4.70. The predicted molar refractivity (Wildman–Crippen MR) is 143 cm³/mol. The molecular weight excluding hydrogens is 483 g/mol. The molecule has 0 saturated heterocycles. The minimum atomic E-state index is -0.837. The summed E-state index contributed by atoms with van der Waals surface area (Å²) < 4.78 is 0.0967. The molecule has 2 rings (SSSR count). The van der Waals surface area contributed by atoms with E-state index in [1.807, 2.05) is 14.1 Å². The van der Waals surface area contributed by atoms with Crippen molar-refractivity contribution in [2.45, 2.75) is 96.8 Å². The number of hydrogen-bond donors (Lipinski definition) is 0. The molecule has 0 spiro atoms. The Hall–Kier alpha value is -1.56. The van der Waals surface area contributed by atoms with Crippen molar-refractivity contribution in [2.75, 3.05) is 25.5 Å². The molecule has 1 heterocycles.